The summed E-state index contributed by atoms with van der Waals surface area (Å²) in [5.74, 6) is 0.612. The third kappa shape index (κ3) is 4.88. The highest BCUT2D eigenvalue weighted by Crippen LogP contribution is 2.33. The molecule has 1 aliphatic rings. The average molecular weight is 508 g/mol. The number of hydrazone groups is 1. The first-order valence-electron chi connectivity index (χ1n) is 10.7. The van der Waals surface area contributed by atoms with Crippen molar-refractivity contribution in [2.45, 2.75) is 12.5 Å². The van der Waals surface area contributed by atoms with Crippen molar-refractivity contribution in [2.75, 3.05) is 11.6 Å². The summed E-state index contributed by atoms with van der Waals surface area (Å²) in [5.41, 5.74) is 3.57. The van der Waals surface area contributed by atoms with Crippen LogP contribution in [0.2, 0.25) is 10.0 Å². The smallest absolute Gasteiger partial charge is 0.342 e. The largest absolute Gasteiger partial charge is 0.384 e. The number of hydrogen-bond donors (Lipinski definition) is 2. The molecule has 0 saturated carbocycles. The number of nitrogens with zero attached hydrogens (tertiary/aromatic N) is 6. The van der Waals surface area contributed by atoms with Crippen molar-refractivity contribution in [3.05, 3.63) is 99.4 Å². The van der Waals surface area contributed by atoms with Crippen LogP contribution < -0.4 is 10.3 Å². The van der Waals surface area contributed by atoms with Gasteiger partial charge < -0.3 is 10.4 Å². The number of urea groups is 1. The quantitative estimate of drug-likeness (QED) is 0.407. The van der Waals surface area contributed by atoms with Gasteiger partial charge in [0.15, 0.2) is 5.82 Å². The first-order chi connectivity index (χ1) is 17.0. The number of carbonyl (C=O) groups is 1. The van der Waals surface area contributed by atoms with Crippen LogP contribution in [0.3, 0.4) is 0 Å². The van der Waals surface area contributed by atoms with Crippen LogP contribution in [0.5, 0.6) is 0 Å². The number of halogens is 2. The van der Waals surface area contributed by atoms with Crippen molar-refractivity contribution >= 4 is 41.1 Å². The van der Waals surface area contributed by atoms with E-state index in [1.54, 1.807) is 53.8 Å². The fourth-order valence-electron chi connectivity index (χ4n) is 3.69. The zero-order valence-corrected chi connectivity index (χ0v) is 19.7. The second-order valence-corrected chi connectivity index (χ2v) is 8.62. The van der Waals surface area contributed by atoms with Crippen LogP contribution in [0.4, 0.5) is 10.5 Å². The third-order valence-electron chi connectivity index (χ3n) is 5.52. The number of pyridine rings is 1. The number of amides is 2. The van der Waals surface area contributed by atoms with Crippen molar-refractivity contribution in [1.82, 2.24) is 25.3 Å². The number of aliphatic hydroxyl groups is 1. The maximum atomic E-state index is 12.0. The highest BCUT2D eigenvalue weighted by Gasteiger charge is 2.20. The summed E-state index contributed by atoms with van der Waals surface area (Å²) in [7, 11) is 0. The molecule has 0 fully saturated rings. The molecular weight excluding hydrogens is 489 g/mol. The molecule has 4 aromatic rings. The number of anilines is 1. The van der Waals surface area contributed by atoms with E-state index in [0.29, 0.717) is 40.1 Å². The minimum Gasteiger partial charge on any atom is -0.384 e. The zero-order chi connectivity index (χ0) is 24.4. The summed E-state index contributed by atoms with van der Waals surface area (Å²) in [6.45, 7) is 0.379. The first kappa shape index (κ1) is 23.0. The van der Waals surface area contributed by atoms with Crippen molar-refractivity contribution in [3.63, 3.8) is 0 Å². The van der Waals surface area contributed by atoms with Crippen LogP contribution in [0.1, 0.15) is 28.4 Å². The number of carbonyl (C=O) groups excluding carboxylic acids is 1. The van der Waals surface area contributed by atoms with E-state index < -0.39 is 6.10 Å². The number of hydrogen-bond acceptors (Lipinski definition) is 6. The standard InChI is InChI=1S/C24H19Cl2N7O2/c25-20-12-18(33-24(35)27-7-8-30-33)13-21(26)19(20)11-15-1-3-16(4-2-15)23(34)17-5-6-22(28-14-17)32-10-9-29-31-32/h1-6,8-10,12-14,23,34H,7,11H2,(H,27,35). The Morgan fingerprint density at radius 1 is 1.06 bits per heavy atom. The summed E-state index contributed by atoms with van der Waals surface area (Å²) in [4.78, 5) is 16.4. The molecule has 1 atom stereocenters. The minimum atomic E-state index is -0.830. The van der Waals surface area contributed by atoms with Gasteiger partial charge in [0.25, 0.3) is 0 Å². The van der Waals surface area contributed by atoms with Crippen LogP contribution in [0.15, 0.2) is 72.2 Å². The van der Waals surface area contributed by atoms with Crippen LogP contribution >= 0.6 is 23.2 Å². The Hall–Kier alpha value is -3.79. The first-order valence-corrected chi connectivity index (χ1v) is 11.4. The van der Waals surface area contributed by atoms with Gasteiger partial charge in [-0.05, 0) is 34.9 Å². The van der Waals surface area contributed by atoms with Gasteiger partial charge >= 0.3 is 6.03 Å². The molecule has 2 amide bonds. The van der Waals surface area contributed by atoms with E-state index in [1.807, 2.05) is 24.3 Å². The van der Waals surface area contributed by atoms with E-state index in [-0.39, 0.29) is 6.03 Å². The van der Waals surface area contributed by atoms with E-state index in [0.717, 1.165) is 16.7 Å². The number of aliphatic hydroxyl groups excluding tert-OH is 1. The summed E-state index contributed by atoms with van der Waals surface area (Å²) >= 11 is 13.0. The van der Waals surface area contributed by atoms with Gasteiger partial charge in [-0.15, -0.1) is 5.10 Å². The molecule has 1 unspecified atom stereocenters. The lowest BCUT2D eigenvalue weighted by molar-refractivity contribution is 0.220. The van der Waals surface area contributed by atoms with Gasteiger partial charge in [-0.1, -0.05) is 58.7 Å². The topological polar surface area (TPSA) is 109 Å². The maximum absolute atomic E-state index is 12.0. The highest BCUT2D eigenvalue weighted by atomic mass is 35.5. The normalized spacial score (nSPS) is 14.1. The molecular formula is C24H19Cl2N7O2. The Morgan fingerprint density at radius 3 is 2.43 bits per heavy atom. The molecule has 0 spiro atoms. The molecule has 35 heavy (non-hydrogen) atoms. The van der Waals surface area contributed by atoms with Crippen molar-refractivity contribution in [3.8, 4) is 5.82 Å². The Labute approximate surface area is 210 Å². The molecule has 1 aliphatic heterocycles. The number of aromatic nitrogens is 4. The Kier molecular flexibility index (Phi) is 6.45. The summed E-state index contributed by atoms with van der Waals surface area (Å²) in [6.07, 6.45) is 6.13. The third-order valence-corrected chi connectivity index (χ3v) is 6.20. The molecule has 0 radical (unpaired) electrons. The lowest BCUT2D eigenvalue weighted by atomic mass is 9.99. The van der Waals surface area contributed by atoms with E-state index in [9.17, 15) is 9.90 Å². The minimum absolute atomic E-state index is 0.343. The summed E-state index contributed by atoms with van der Waals surface area (Å²) < 4.78 is 1.54. The predicted molar refractivity (Wildman–Crippen MR) is 133 cm³/mol. The fourth-order valence-corrected chi connectivity index (χ4v) is 4.30. The molecule has 176 valence electrons. The molecule has 0 saturated heterocycles. The molecule has 0 aliphatic carbocycles. The number of nitrogens with one attached hydrogen (secondary N) is 1. The molecule has 0 bridgehead atoms. The lowest BCUT2D eigenvalue weighted by Gasteiger charge is -2.22. The second kappa shape index (κ2) is 9.83. The Morgan fingerprint density at radius 2 is 1.80 bits per heavy atom. The van der Waals surface area contributed by atoms with Crippen LogP contribution in [-0.2, 0) is 6.42 Å². The van der Waals surface area contributed by atoms with Gasteiger partial charge in [0.05, 0.1) is 24.6 Å². The van der Waals surface area contributed by atoms with Gasteiger partial charge in [0.1, 0.15) is 6.10 Å². The van der Waals surface area contributed by atoms with E-state index >= 15 is 0 Å². The molecule has 2 aromatic heterocycles. The Bertz CT molecular complexity index is 1350. The summed E-state index contributed by atoms with van der Waals surface area (Å²) in [6, 6.07) is 14.1. The van der Waals surface area contributed by atoms with E-state index in [4.69, 9.17) is 23.2 Å². The molecule has 5 rings (SSSR count). The van der Waals surface area contributed by atoms with Crippen LogP contribution in [0, 0.1) is 0 Å². The summed E-state index contributed by atoms with van der Waals surface area (Å²) in [5, 5.41) is 27.3. The lowest BCUT2D eigenvalue weighted by Crippen LogP contribution is -2.41. The van der Waals surface area contributed by atoms with Gasteiger partial charge in [0, 0.05) is 34.4 Å². The van der Waals surface area contributed by atoms with Gasteiger partial charge in [-0.25, -0.2) is 14.5 Å². The monoisotopic (exact) mass is 507 g/mol. The van der Waals surface area contributed by atoms with Crippen LogP contribution in [0.25, 0.3) is 5.82 Å². The zero-order valence-electron chi connectivity index (χ0n) is 18.2. The molecule has 3 heterocycles. The molecule has 9 nitrogen and oxygen atoms in total. The Balaban J connectivity index is 1.30. The van der Waals surface area contributed by atoms with Crippen molar-refractivity contribution < 1.29 is 9.90 Å². The highest BCUT2D eigenvalue weighted by molar-refractivity contribution is 6.36. The maximum Gasteiger partial charge on any atom is 0.342 e. The fraction of sp³-hybridized carbons (Fsp3) is 0.125. The SMILES string of the molecule is O=C1NCC=NN1c1cc(Cl)c(Cc2ccc(C(O)c3ccc(-n4ccnn4)nc3)cc2)c(Cl)c1. The number of rotatable bonds is 6. The van der Waals surface area contributed by atoms with Gasteiger partial charge in [-0.3, -0.25) is 0 Å². The molecule has 2 N–H and O–H groups in total. The van der Waals surface area contributed by atoms with Gasteiger partial charge in [-0.2, -0.15) is 10.1 Å². The van der Waals surface area contributed by atoms with Crippen LogP contribution in [-0.4, -0.2) is 43.9 Å². The molecule has 11 heteroatoms. The van der Waals surface area contributed by atoms with Crippen molar-refractivity contribution in [2.24, 2.45) is 5.10 Å². The average Bonchev–Trinajstić information content (AvgIpc) is 3.42. The van der Waals surface area contributed by atoms with E-state index in [1.165, 1.54) is 5.01 Å². The van der Waals surface area contributed by atoms with E-state index in [2.05, 4.69) is 25.7 Å². The van der Waals surface area contributed by atoms with Gasteiger partial charge in [0.2, 0.25) is 0 Å². The predicted octanol–water partition coefficient (Wildman–Crippen LogP) is 4.16. The number of benzene rings is 2. The molecule has 2 aromatic carbocycles. The van der Waals surface area contributed by atoms with Crippen molar-refractivity contribution in [1.29, 1.82) is 0 Å². The second-order valence-electron chi connectivity index (χ2n) is 7.80.